The number of phenols is 1. The monoisotopic (exact) mass is 897 g/mol. The first-order valence-corrected chi connectivity index (χ1v) is 23.2. The Morgan fingerprint density at radius 2 is 1.79 bits per heavy atom. The third kappa shape index (κ3) is 10.8. The van der Waals surface area contributed by atoms with Gasteiger partial charge in [0.1, 0.15) is 47.4 Å². The van der Waals surface area contributed by atoms with E-state index < -0.39 is 23.8 Å². The van der Waals surface area contributed by atoms with Crippen molar-refractivity contribution in [2.75, 3.05) is 70.0 Å². The molecule has 4 aliphatic heterocycles. The minimum atomic E-state index is -0.784. The highest BCUT2D eigenvalue weighted by molar-refractivity contribution is 8.76. The normalized spacial score (nSPS) is 20.9. The van der Waals surface area contributed by atoms with E-state index in [2.05, 4.69) is 25.8 Å². The second-order valence-corrected chi connectivity index (χ2v) is 18.6. The number of piperazine rings is 1. The zero-order chi connectivity index (χ0) is 44.5. The molecular formula is C44H54F3N7O6S2. The van der Waals surface area contributed by atoms with Crippen LogP contribution in [0.15, 0.2) is 30.5 Å². The van der Waals surface area contributed by atoms with Crippen LogP contribution in [-0.4, -0.2) is 138 Å². The number of alkyl halides is 1. The van der Waals surface area contributed by atoms with Gasteiger partial charge in [0.2, 0.25) is 6.41 Å². The first kappa shape index (κ1) is 47.0. The van der Waals surface area contributed by atoms with E-state index in [9.17, 15) is 23.5 Å². The quantitative estimate of drug-likeness (QED) is 0.0503. The summed E-state index contributed by atoms with van der Waals surface area (Å²) in [6.45, 7) is 7.91. The van der Waals surface area contributed by atoms with Crippen molar-refractivity contribution in [2.45, 2.75) is 76.3 Å². The Balaban J connectivity index is 0.000000210. The van der Waals surface area contributed by atoms with Crippen LogP contribution in [0.25, 0.3) is 32.9 Å². The third-order valence-corrected chi connectivity index (χ3v) is 13.9. The number of benzene rings is 2. The number of amides is 1. The number of ether oxygens (including phenoxy) is 3. The number of fused-ring (bicyclic) bond motifs is 5. The molecule has 0 aliphatic carbocycles. The Kier molecular flexibility index (Phi) is 16.4. The van der Waals surface area contributed by atoms with Gasteiger partial charge in [-0.05, 0) is 68.2 Å². The van der Waals surface area contributed by atoms with Gasteiger partial charge in [0, 0.05) is 73.5 Å². The molecule has 3 unspecified atom stereocenters. The van der Waals surface area contributed by atoms with Crippen LogP contribution in [-0.2, 0) is 19.1 Å². The number of aromatic hydroxyl groups is 1. The molecule has 0 spiro atoms. The summed E-state index contributed by atoms with van der Waals surface area (Å²) in [4.78, 5) is 42.1. The summed E-state index contributed by atoms with van der Waals surface area (Å²) >= 11 is 0. The van der Waals surface area contributed by atoms with Crippen molar-refractivity contribution >= 4 is 61.5 Å². The highest BCUT2D eigenvalue weighted by Gasteiger charge is 2.40. The predicted molar refractivity (Wildman–Crippen MR) is 238 cm³/mol. The molecule has 8 rings (SSSR count). The number of nitrogens with two attached hydrogens (primary N) is 1. The number of nitrogens with zero attached hydrogens (tertiary/aromatic N) is 6. The van der Waals surface area contributed by atoms with Crippen LogP contribution in [0.2, 0.25) is 0 Å². The number of anilines is 1. The second-order valence-electron chi connectivity index (χ2n) is 15.9. The van der Waals surface area contributed by atoms with E-state index in [1.807, 2.05) is 23.6 Å². The number of rotatable bonds is 13. The van der Waals surface area contributed by atoms with E-state index in [1.165, 1.54) is 50.4 Å². The van der Waals surface area contributed by atoms with Crippen molar-refractivity contribution < 1.29 is 42.1 Å². The molecule has 2 aromatic carbocycles. The fourth-order valence-corrected chi connectivity index (χ4v) is 10.1. The molecule has 18 heteroatoms. The summed E-state index contributed by atoms with van der Waals surface area (Å²) in [7, 11) is 6.46. The van der Waals surface area contributed by atoms with E-state index in [0.717, 1.165) is 50.3 Å². The van der Waals surface area contributed by atoms with Gasteiger partial charge in [-0.25, -0.2) is 13.2 Å². The molecule has 334 valence electrons. The third-order valence-electron chi connectivity index (χ3n) is 11.6. The summed E-state index contributed by atoms with van der Waals surface area (Å²) in [6, 6.07) is 5.55. The first-order valence-electron chi connectivity index (χ1n) is 20.7. The van der Waals surface area contributed by atoms with Crippen LogP contribution >= 0.6 is 21.6 Å². The van der Waals surface area contributed by atoms with E-state index in [-0.39, 0.29) is 63.5 Å². The smallest absolute Gasteiger partial charge is 0.323 e. The van der Waals surface area contributed by atoms with Gasteiger partial charge in [-0.3, -0.25) is 19.5 Å². The molecule has 0 saturated carbocycles. The number of carbonyl (C=O) groups is 2. The van der Waals surface area contributed by atoms with Gasteiger partial charge in [-0.15, -0.1) is 6.42 Å². The Labute approximate surface area is 368 Å². The molecule has 62 heavy (non-hydrogen) atoms. The van der Waals surface area contributed by atoms with Gasteiger partial charge in [0.05, 0.1) is 24.7 Å². The lowest BCUT2D eigenvalue weighted by molar-refractivity contribution is -0.145. The Morgan fingerprint density at radius 1 is 1.06 bits per heavy atom. The van der Waals surface area contributed by atoms with Crippen molar-refractivity contribution in [1.82, 2.24) is 24.8 Å². The van der Waals surface area contributed by atoms with E-state index in [0.29, 0.717) is 48.9 Å². The molecule has 2 bridgehead atoms. The summed E-state index contributed by atoms with van der Waals surface area (Å²) < 4.78 is 58.6. The average Bonchev–Trinajstić information content (AvgIpc) is 3.93. The van der Waals surface area contributed by atoms with Crippen molar-refractivity contribution in [2.24, 2.45) is 11.7 Å². The lowest BCUT2D eigenvalue weighted by Gasteiger charge is -2.39. The molecule has 0 radical (unpaired) electrons. The molecule has 4 saturated heterocycles. The fraction of sp³-hybridized carbons (Fsp3) is 0.523. The lowest BCUT2D eigenvalue weighted by atomic mass is 9.96. The molecule has 4 aromatic rings. The summed E-state index contributed by atoms with van der Waals surface area (Å²) in [5.74, 6) is 2.75. The maximum Gasteiger partial charge on any atom is 0.323 e. The molecule has 4 fully saturated rings. The number of aromatic nitrogens is 3. The van der Waals surface area contributed by atoms with Gasteiger partial charge in [0.25, 0.3) is 0 Å². The maximum atomic E-state index is 16.2. The van der Waals surface area contributed by atoms with Gasteiger partial charge < -0.3 is 34.9 Å². The number of hydrogen-bond donors (Lipinski definition) is 2. The maximum absolute atomic E-state index is 16.2. The van der Waals surface area contributed by atoms with Crippen LogP contribution in [0.1, 0.15) is 51.5 Å². The molecule has 3 N–H and O–H groups in total. The zero-order valence-electron chi connectivity index (χ0n) is 35.4. The first-order chi connectivity index (χ1) is 29.9. The molecule has 4 aliphatic rings. The number of esters is 1. The largest absolute Gasteiger partial charge is 0.508 e. The number of phenolic OH excluding ortho intramolecular Hbond substituents is 1. The number of pyridine rings is 1. The zero-order valence-corrected chi connectivity index (χ0v) is 37.0. The van der Waals surface area contributed by atoms with Gasteiger partial charge >= 0.3 is 12.0 Å². The molecule has 2 aromatic heterocycles. The van der Waals surface area contributed by atoms with Gasteiger partial charge in [-0.2, -0.15) is 9.97 Å². The van der Waals surface area contributed by atoms with Crippen molar-refractivity contribution in [3.8, 4) is 35.4 Å². The SMILES string of the molecule is C#Cc1c(F)ccc2cc(O)cc(-c3ncc4c(N5CC6CCC(C5)N6C=O)nc(OC)nc4c3F)c12.COCCSSCCOC(=O)[C@@H](N)C(C)C.F[C@@H]1CC2CCCN2C1. The van der Waals surface area contributed by atoms with Crippen molar-refractivity contribution in [3.05, 3.63) is 47.7 Å². The van der Waals surface area contributed by atoms with Crippen LogP contribution < -0.4 is 15.4 Å². The van der Waals surface area contributed by atoms with Crippen LogP contribution in [0.3, 0.4) is 0 Å². The van der Waals surface area contributed by atoms with Crippen LogP contribution in [0.4, 0.5) is 19.0 Å². The lowest BCUT2D eigenvalue weighted by Crippen LogP contribution is -2.53. The van der Waals surface area contributed by atoms with Gasteiger partial charge in [-0.1, -0.05) is 47.4 Å². The Bertz CT molecular complexity index is 2230. The topological polar surface area (TPSA) is 156 Å². The second kappa shape index (κ2) is 21.7. The molecule has 1 amide bonds. The molecule has 13 nitrogen and oxygen atoms in total. The minimum absolute atomic E-state index is 0.0279. The minimum Gasteiger partial charge on any atom is -0.508 e. The van der Waals surface area contributed by atoms with E-state index in [1.54, 1.807) is 28.7 Å². The summed E-state index contributed by atoms with van der Waals surface area (Å²) in [5, 5.41) is 11.4. The van der Waals surface area contributed by atoms with Gasteiger partial charge in [0.15, 0.2) is 5.82 Å². The molecular weight excluding hydrogens is 844 g/mol. The highest BCUT2D eigenvalue weighted by atomic mass is 33.1. The summed E-state index contributed by atoms with van der Waals surface area (Å²) in [6.07, 6.45) is 12.5. The number of terminal acetylenes is 1. The summed E-state index contributed by atoms with van der Waals surface area (Å²) in [5.41, 5.74) is 5.54. The standard InChI is InChI=1S/C27H21F2N5O3.C10H21NO3S2.C7H12FN/c1-3-18-21(28)7-4-14-8-17(36)9-19(22(14)18)24-23(29)25-20(10-30-24)26(32-27(31-25)37-2)33-11-15-5-6-16(12-33)34(15)13-35;1-8(2)9(11)10(12)14-5-7-16-15-6-4-13-3;8-6-4-7-2-1-3-9(7)5-6/h1,4,7-10,13,15-16,36H,5-6,11-12H2,2H3;8-9H,4-7,11H2,1-3H3;6-7H,1-5H2/t;9-;6-,7?/m.01/s1. The van der Waals surface area contributed by atoms with E-state index in [4.69, 9.17) is 26.4 Å². The van der Waals surface area contributed by atoms with Crippen LogP contribution in [0.5, 0.6) is 11.8 Å². The van der Waals surface area contributed by atoms with Crippen LogP contribution in [0, 0.1) is 29.9 Å². The Morgan fingerprint density at radius 3 is 2.44 bits per heavy atom. The number of hydrogen-bond acceptors (Lipinski definition) is 14. The fourth-order valence-electron chi connectivity index (χ4n) is 8.38. The predicted octanol–water partition coefficient (Wildman–Crippen LogP) is 6.36. The average molecular weight is 898 g/mol. The molecule has 6 heterocycles. The number of halogens is 3. The van der Waals surface area contributed by atoms with Crippen molar-refractivity contribution in [1.29, 1.82) is 0 Å². The number of carbonyl (C=O) groups excluding carboxylic acids is 2. The number of methoxy groups -OCH3 is 2. The van der Waals surface area contributed by atoms with Crippen molar-refractivity contribution in [3.63, 3.8) is 0 Å². The Hall–Kier alpha value is -4.54. The molecule has 5 atom stereocenters. The highest BCUT2D eigenvalue weighted by Crippen LogP contribution is 2.40. The van der Waals surface area contributed by atoms with E-state index >= 15 is 4.39 Å².